The Labute approximate surface area is 170 Å². The summed E-state index contributed by atoms with van der Waals surface area (Å²) >= 11 is 0. The van der Waals surface area contributed by atoms with Crippen LogP contribution in [0.1, 0.15) is 11.6 Å². The second kappa shape index (κ2) is 8.75. The Hall–Kier alpha value is -2.72. The van der Waals surface area contributed by atoms with Crippen molar-refractivity contribution in [3.8, 4) is 0 Å². The van der Waals surface area contributed by atoms with Crippen LogP contribution in [0.2, 0.25) is 0 Å². The summed E-state index contributed by atoms with van der Waals surface area (Å²) < 4.78 is 50.6. The summed E-state index contributed by atoms with van der Waals surface area (Å²) in [5, 5.41) is 8.36. The predicted molar refractivity (Wildman–Crippen MR) is 112 cm³/mol. The van der Waals surface area contributed by atoms with Crippen molar-refractivity contribution in [2.24, 2.45) is 5.14 Å². The molecule has 0 amide bonds. The summed E-state index contributed by atoms with van der Waals surface area (Å²) in [5.74, 6) is 0. The van der Waals surface area contributed by atoms with Gasteiger partial charge in [-0.3, -0.25) is 0 Å². The van der Waals surface area contributed by atoms with E-state index in [4.69, 9.17) is 5.14 Å². The van der Waals surface area contributed by atoms with Gasteiger partial charge in [-0.15, -0.1) is 0 Å². The van der Waals surface area contributed by atoms with Crippen LogP contribution in [0.25, 0.3) is 0 Å². The molecule has 1 atom stereocenters. The molecule has 29 heavy (non-hydrogen) atoms. The van der Waals surface area contributed by atoms with Crippen molar-refractivity contribution in [1.29, 1.82) is 0 Å². The van der Waals surface area contributed by atoms with Crippen molar-refractivity contribution in [3.05, 3.63) is 90.5 Å². The van der Waals surface area contributed by atoms with Crippen molar-refractivity contribution >= 4 is 25.7 Å². The van der Waals surface area contributed by atoms with Crippen LogP contribution >= 0.6 is 0 Å². The zero-order valence-corrected chi connectivity index (χ0v) is 17.0. The molecule has 0 bridgehead atoms. The van der Waals surface area contributed by atoms with Crippen molar-refractivity contribution in [3.63, 3.8) is 0 Å². The van der Waals surface area contributed by atoms with Crippen molar-refractivity contribution in [1.82, 2.24) is 4.72 Å². The van der Waals surface area contributed by atoms with Gasteiger partial charge in [0, 0.05) is 12.2 Å². The minimum atomic E-state index is -3.78. The van der Waals surface area contributed by atoms with E-state index in [9.17, 15) is 16.8 Å². The van der Waals surface area contributed by atoms with E-state index in [0.717, 1.165) is 5.56 Å². The van der Waals surface area contributed by atoms with Gasteiger partial charge >= 0.3 is 0 Å². The Morgan fingerprint density at radius 3 is 1.83 bits per heavy atom. The molecule has 4 N–H and O–H groups in total. The first-order valence-corrected chi connectivity index (χ1v) is 11.8. The molecule has 152 valence electrons. The van der Waals surface area contributed by atoms with E-state index < -0.39 is 20.0 Å². The van der Waals surface area contributed by atoms with Crippen LogP contribution in [0, 0.1) is 0 Å². The van der Waals surface area contributed by atoms with Crippen LogP contribution in [-0.2, 0) is 20.0 Å². The molecule has 3 rings (SSSR count). The summed E-state index contributed by atoms with van der Waals surface area (Å²) in [6.07, 6.45) is 0. The standard InChI is InChI=1S/C20H21N3O4S2/c21-28(24,25)18-13-11-17(12-14-18)23-20(16-7-3-1-4-8-16)15-22-29(26,27)19-9-5-2-6-10-19/h1-14,20,22-23H,15H2,(H2,21,24,25)/t20-/m1/s1. The summed E-state index contributed by atoms with van der Waals surface area (Å²) in [5.41, 5.74) is 1.50. The van der Waals surface area contributed by atoms with Gasteiger partial charge in [-0.05, 0) is 42.0 Å². The van der Waals surface area contributed by atoms with Gasteiger partial charge in [0.25, 0.3) is 0 Å². The summed E-state index contributed by atoms with van der Waals surface area (Å²) in [7, 11) is -7.45. The van der Waals surface area contributed by atoms with Gasteiger partial charge in [-0.2, -0.15) is 0 Å². The largest absolute Gasteiger partial charge is 0.377 e. The third kappa shape index (κ3) is 5.64. The second-order valence-corrected chi connectivity index (χ2v) is 9.67. The first-order chi connectivity index (χ1) is 13.8. The first-order valence-electron chi connectivity index (χ1n) is 8.75. The van der Waals surface area contributed by atoms with E-state index in [2.05, 4.69) is 10.0 Å². The summed E-state index contributed by atoms with van der Waals surface area (Å²) in [4.78, 5) is 0.188. The Balaban J connectivity index is 1.81. The number of nitrogens with two attached hydrogens (primary N) is 1. The predicted octanol–water partition coefficient (Wildman–Crippen LogP) is 2.47. The zero-order valence-electron chi connectivity index (χ0n) is 15.4. The maximum atomic E-state index is 12.6. The second-order valence-electron chi connectivity index (χ2n) is 6.34. The number of anilines is 1. The quantitative estimate of drug-likeness (QED) is 0.506. The lowest BCUT2D eigenvalue weighted by molar-refractivity contribution is 0.576. The average molecular weight is 432 g/mol. The number of hydrogen-bond acceptors (Lipinski definition) is 5. The van der Waals surface area contributed by atoms with Gasteiger partial charge < -0.3 is 5.32 Å². The lowest BCUT2D eigenvalue weighted by atomic mass is 10.1. The zero-order chi connectivity index (χ0) is 20.9. The van der Waals surface area contributed by atoms with E-state index in [0.29, 0.717) is 5.69 Å². The van der Waals surface area contributed by atoms with Crippen LogP contribution in [-0.4, -0.2) is 23.4 Å². The van der Waals surface area contributed by atoms with Gasteiger partial charge in [0.2, 0.25) is 20.0 Å². The lowest BCUT2D eigenvalue weighted by Gasteiger charge is -2.21. The molecule has 0 spiro atoms. The molecular weight excluding hydrogens is 410 g/mol. The van der Waals surface area contributed by atoms with E-state index in [-0.39, 0.29) is 22.4 Å². The average Bonchev–Trinajstić information content (AvgIpc) is 2.72. The van der Waals surface area contributed by atoms with Gasteiger partial charge in [0.05, 0.1) is 15.8 Å². The highest BCUT2D eigenvalue weighted by Gasteiger charge is 2.18. The smallest absolute Gasteiger partial charge is 0.240 e. The highest BCUT2D eigenvalue weighted by atomic mass is 32.2. The van der Waals surface area contributed by atoms with Crippen LogP contribution in [0.3, 0.4) is 0 Å². The highest BCUT2D eigenvalue weighted by molar-refractivity contribution is 7.89. The van der Waals surface area contributed by atoms with Crippen LogP contribution in [0.15, 0.2) is 94.7 Å². The molecule has 0 unspecified atom stereocenters. The maximum Gasteiger partial charge on any atom is 0.240 e. The van der Waals surface area contributed by atoms with Crippen LogP contribution in [0.4, 0.5) is 5.69 Å². The van der Waals surface area contributed by atoms with Gasteiger partial charge in [-0.1, -0.05) is 48.5 Å². The normalized spacial score (nSPS) is 13.0. The van der Waals surface area contributed by atoms with Crippen molar-refractivity contribution < 1.29 is 16.8 Å². The Kier molecular flexibility index (Phi) is 6.33. The lowest BCUT2D eigenvalue weighted by Crippen LogP contribution is -2.31. The van der Waals surface area contributed by atoms with Crippen molar-refractivity contribution in [2.45, 2.75) is 15.8 Å². The summed E-state index contributed by atoms with van der Waals surface area (Å²) in [6, 6.07) is 23.1. The highest BCUT2D eigenvalue weighted by Crippen LogP contribution is 2.21. The Bertz CT molecular complexity index is 1150. The summed E-state index contributed by atoms with van der Waals surface area (Å²) in [6.45, 7) is 0.0954. The minimum Gasteiger partial charge on any atom is -0.377 e. The van der Waals surface area contributed by atoms with E-state index in [1.807, 2.05) is 30.3 Å². The monoisotopic (exact) mass is 431 g/mol. The SMILES string of the molecule is NS(=O)(=O)c1ccc(N[C@H](CNS(=O)(=O)c2ccccc2)c2ccccc2)cc1. The molecule has 0 radical (unpaired) electrons. The number of sulfonamides is 2. The molecule has 0 aliphatic carbocycles. The fraction of sp³-hybridized carbons (Fsp3) is 0.100. The third-order valence-corrected chi connectivity index (χ3v) is 6.63. The molecule has 0 aliphatic heterocycles. The molecule has 0 aromatic heterocycles. The number of rotatable bonds is 8. The Morgan fingerprint density at radius 2 is 1.28 bits per heavy atom. The molecular formula is C20H21N3O4S2. The van der Waals surface area contributed by atoms with Gasteiger partial charge in [0.15, 0.2) is 0 Å². The van der Waals surface area contributed by atoms with Crippen LogP contribution in [0.5, 0.6) is 0 Å². The first kappa shape index (κ1) is 21.0. The molecule has 3 aromatic carbocycles. The number of primary sulfonamides is 1. The molecule has 0 saturated heterocycles. The minimum absolute atomic E-state index is 0.00379. The van der Waals surface area contributed by atoms with E-state index in [1.54, 1.807) is 30.3 Å². The van der Waals surface area contributed by atoms with E-state index >= 15 is 0 Å². The third-order valence-electron chi connectivity index (χ3n) is 4.26. The molecule has 0 heterocycles. The number of hydrogen-bond donors (Lipinski definition) is 3. The fourth-order valence-corrected chi connectivity index (χ4v) is 4.34. The molecule has 0 aliphatic rings. The van der Waals surface area contributed by atoms with Gasteiger partial charge in [-0.25, -0.2) is 26.7 Å². The van der Waals surface area contributed by atoms with Gasteiger partial charge in [0.1, 0.15) is 0 Å². The Morgan fingerprint density at radius 1 is 0.724 bits per heavy atom. The number of nitrogens with one attached hydrogen (secondary N) is 2. The maximum absolute atomic E-state index is 12.6. The fourth-order valence-electron chi connectivity index (χ4n) is 2.76. The molecule has 0 saturated carbocycles. The number of benzene rings is 3. The van der Waals surface area contributed by atoms with Crippen LogP contribution < -0.4 is 15.2 Å². The van der Waals surface area contributed by atoms with Crippen molar-refractivity contribution in [2.75, 3.05) is 11.9 Å². The topological polar surface area (TPSA) is 118 Å². The van der Waals surface area contributed by atoms with E-state index in [1.165, 1.54) is 24.3 Å². The molecule has 3 aromatic rings. The molecule has 9 heteroatoms. The molecule has 0 fully saturated rings. The molecule has 7 nitrogen and oxygen atoms in total.